The first-order valence-corrected chi connectivity index (χ1v) is 5.10. The van der Waals surface area contributed by atoms with E-state index in [-0.39, 0.29) is 5.69 Å². The molecule has 1 unspecified atom stereocenters. The molecule has 0 bridgehead atoms. The number of anilines is 1. The predicted octanol–water partition coefficient (Wildman–Crippen LogP) is 1.72. The Morgan fingerprint density at radius 3 is 2.79 bits per heavy atom. The summed E-state index contributed by atoms with van der Waals surface area (Å²) in [4.78, 5) is 11.1. The van der Waals surface area contributed by atoms with Gasteiger partial charge in [-0.3, -0.25) is 4.79 Å². The van der Waals surface area contributed by atoms with Crippen LogP contribution >= 0.6 is 22.6 Å². The Bertz CT molecular complexity index is 355. The third kappa shape index (κ3) is 2.91. The minimum atomic E-state index is -0.645. The summed E-state index contributed by atoms with van der Waals surface area (Å²) in [6.07, 6.45) is 0. The number of hydrogen-bond acceptors (Lipinski definition) is 2. The molecule has 76 valence electrons. The molecule has 0 radical (unpaired) electrons. The smallest absolute Gasteiger partial charge is 0.241 e. The van der Waals surface area contributed by atoms with Crippen molar-refractivity contribution < 1.29 is 9.18 Å². The Hall–Kier alpha value is -0.690. The van der Waals surface area contributed by atoms with E-state index in [0.717, 1.165) is 3.57 Å². The molecule has 1 aromatic rings. The number of carbonyl (C=O) groups excluding carboxylic acids is 1. The molecule has 1 aromatic carbocycles. The maximum Gasteiger partial charge on any atom is 0.241 e. The molecule has 0 aliphatic rings. The van der Waals surface area contributed by atoms with Crippen molar-refractivity contribution >= 4 is 34.2 Å². The summed E-state index contributed by atoms with van der Waals surface area (Å²) in [6.45, 7) is 1.54. The average Bonchev–Trinajstić information content (AvgIpc) is 2.09. The highest BCUT2D eigenvalue weighted by Gasteiger charge is 2.10. The van der Waals surface area contributed by atoms with Crippen molar-refractivity contribution in [3.63, 3.8) is 0 Å². The SMILES string of the molecule is CC(N)C(=O)Nc1ccc(I)cc1F. The lowest BCUT2D eigenvalue weighted by Gasteiger charge is -2.08. The monoisotopic (exact) mass is 308 g/mol. The quantitative estimate of drug-likeness (QED) is 0.817. The number of benzene rings is 1. The number of hydrogen-bond donors (Lipinski definition) is 2. The molecule has 1 atom stereocenters. The van der Waals surface area contributed by atoms with E-state index in [4.69, 9.17) is 5.73 Å². The van der Waals surface area contributed by atoms with Gasteiger partial charge in [-0.1, -0.05) is 0 Å². The number of nitrogens with two attached hydrogens (primary N) is 1. The molecule has 0 aromatic heterocycles. The van der Waals surface area contributed by atoms with Crippen LogP contribution in [-0.2, 0) is 4.79 Å². The standard InChI is InChI=1S/C9H10FIN2O/c1-5(12)9(14)13-8-3-2-6(11)4-7(8)10/h2-5H,12H2,1H3,(H,13,14). The molecule has 3 nitrogen and oxygen atoms in total. The molecule has 0 saturated heterocycles. The van der Waals surface area contributed by atoms with Crippen LogP contribution in [0.1, 0.15) is 6.92 Å². The van der Waals surface area contributed by atoms with E-state index in [0.29, 0.717) is 0 Å². The van der Waals surface area contributed by atoms with E-state index < -0.39 is 17.8 Å². The van der Waals surface area contributed by atoms with Crippen LogP contribution in [0.3, 0.4) is 0 Å². The Balaban J connectivity index is 2.82. The highest BCUT2D eigenvalue weighted by atomic mass is 127. The normalized spacial score (nSPS) is 12.3. The molecule has 0 aliphatic carbocycles. The Kier molecular flexibility index (Phi) is 3.82. The van der Waals surface area contributed by atoms with Crippen molar-refractivity contribution in [3.8, 4) is 0 Å². The van der Waals surface area contributed by atoms with E-state index in [9.17, 15) is 9.18 Å². The number of halogens is 2. The van der Waals surface area contributed by atoms with Crippen LogP contribution in [0, 0.1) is 9.39 Å². The van der Waals surface area contributed by atoms with Gasteiger partial charge in [0.2, 0.25) is 5.91 Å². The van der Waals surface area contributed by atoms with E-state index >= 15 is 0 Å². The summed E-state index contributed by atoms with van der Waals surface area (Å²) >= 11 is 1.99. The molecular formula is C9H10FIN2O. The summed E-state index contributed by atoms with van der Waals surface area (Å²) in [5, 5.41) is 2.39. The molecule has 3 N–H and O–H groups in total. The average molecular weight is 308 g/mol. The Morgan fingerprint density at radius 1 is 1.64 bits per heavy atom. The van der Waals surface area contributed by atoms with Gasteiger partial charge in [0.25, 0.3) is 0 Å². The van der Waals surface area contributed by atoms with Crippen LogP contribution in [0.4, 0.5) is 10.1 Å². The topological polar surface area (TPSA) is 55.1 Å². The maximum atomic E-state index is 13.2. The lowest BCUT2D eigenvalue weighted by atomic mass is 10.2. The van der Waals surface area contributed by atoms with Crippen LogP contribution in [0.5, 0.6) is 0 Å². The lowest BCUT2D eigenvalue weighted by molar-refractivity contribution is -0.117. The van der Waals surface area contributed by atoms with Crippen molar-refractivity contribution in [1.82, 2.24) is 0 Å². The first-order valence-electron chi connectivity index (χ1n) is 4.02. The van der Waals surface area contributed by atoms with E-state index in [1.54, 1.807) is 13.0 Å². The van der Waals surface area contributed by atoms with Crippen molar-refractivity contribution in [2.24, 2.45) is 5.73 Å². The maximum absolute atomic E-state index is 13.2. The first kappa shape index (κ1) is 11.4. The molecular weight excluding hydrogens is 298 g/mol. The van der Waals surface area contributed by atoms with Crippen LogP contribution < -0.4 is 11.1 Å². The van der Waals surface area contributed by atoms with Crippen molar-refractivity contribution in [3.05, 3.63) is 27.6 Å². The van der Waals surface area contributed by atoms with Gasteiger partial charge in [0.15, 0.2) is 0 Å². The summed E-state index contributed by atoms with van der Waals surface area (Å²) < 4.78 is 14.0. The molecule has 0 saturated carbocycles. The fourth-order valence-electron chi connectivity index (χ4n) is 0.837. The Morgan fingerprint density at radius 2 is 2.29 bits per heavy atom. The second kappa shape index (κ2) is 4.70. The van der Waals surface area contributed by atoms with Gasteiger partial charge < -0.3 is 11.1 Å². The molecule has 0 spiro atoms. The lowest BCUT2D eigenvalue weighted by Crippen LogP contribution is -2.32. The number of nitrogens with one attached hydrogen (secondary N) is 1. The molecule has 0 fully saturated rings. The van der Waals surface area contributed by atoms with Crippen molar-refractivity contribution in [1.29, 1.82) is 0 Å². The van der Waals surface area contributed by atoms with Crippen molar-refractivity contribution in [2.75, 3.05) is 5.32 Å². The van der Waals surface area contributed by atoms with Gasteiger partial charge in [0.1, 0.15) is 5.82 Å². The third-order valence-electron chi connectivity index (χ3n) is 1.60. The summed E-state index contributed by atoms with van der Waals surface area (Å²) in [5.74, 6) is -0.851. The molecule has 1 rings (SSSR count). The molecule has 5 heteroatoms. The summed E-state index contributed by atoms with van der Waals surface area (Å²) in [6, 6.07) is 3.92. The fourth-order valence-corrected chi connectivity index (χ4v) is 1.29. The van der Waals surface area contributed by atoms with Crippen LogP contribution in [-0.4, -0.2) is 11.9 Å². The second-order valence-electron chi connectivity index (χ2n) is 2.90. The van der Waals surface area contributed by atoms with Gasteiger partial charge in [-0.2, -0.15) is 0 Å². The molecule has 1 amide bonds. The second-order valence-corrected chi connectivity index (χ2v) is 4.15. The van der Waals surface area contributed by atoms with Gasteiger partial charge in [-0.15, -0.1) is 0 Å². The van der Waals surface area contributed by atoms with E-state index in [2.05, 4.69) is 5.32 Å². The van der Waals surface area contributed by atoms with E-state index in [1.165, 1.54) is 12.1 Å². The highest BCUT2D eigenvalue weighted by molar-refractivity contribution is 14.1. The minimum absolute atomic E-state index is 0.160. The van der Waals surface area contributed by atoms with Gasteiger partial charge in [-0.25, -0.2) is 4.39 Å². The fraction of sp³-hybridized carbons (Fsp3) is 0.222. The predicted molar refractivity (Wildman–Crippen MR) is 61.4 cm³/mol. The number of carbonyl (C=O) groups is 1. The van der Waals surface area contributed by atoms with E-state index in [1.807, 2.05) is 22.6 Å². The molecule has 14 heavy (non-hydrogen) atoms. The zero-order valence-electron chi connectivity index (χ0n) is 7.55. The molecule has 0 aliphatic heterocycles. The van der Waals surface area contributed by atoms with Gasteiger partial charge in [0, 0.05) is 3.57 Å². The van der Waals surface area contributed by atoms with Crippen LogP contribution in [0.25, 0.3) is 0 Å². The van der Waals surface area contributed by atoms with Gasteiger partial charge in [-0.05, 0) is 47.7 Å². The van der Waals surface area contributed by atoms with Gasteiger partial charge in [0.05, 0.1) is 11.7 Å². The first-order chi connectivity index (χ1) is 6.50. The van der Waals surface area contributed by atoms with Crippen molar-refractivity contribution in [2.45, 2.75) is 13.0 Å². The number of amides is 1. The Labute approximate surface area is 95.0 Å². The highest BCUT2D eigenvalue weighted by Crippen LogP contribution is 2.16. The summed E-state index contributed by atoms with van der Waals surface area (Å²) in [7, 11) is 0. The third-order valence-corrected chi connectivity index (χ3v) is 2.27. The largest absolute Gasteiger partial charge is 0.322 e. The zero-order chi connectivity index (χ0) is 10.7. The van der Waals surface area contributed by atoms with Crippen LogP contribution in [0.2, 0.25) is 0 Å². The zero-order valence-corrected chi connectivity index (χ0v) is 9.71. The van der Waals surface area contributed by atoms with Gasteiger partial charge >= 0.3 is 0 Å². The molecule has 0 heterocycles. The van der Waals surface area contributed by atoms with Crippen LogP contribution in [0.15, 0.2) is 18.2 Å². The minimum Gasteiger partial charge on any atom is -0.322 e. The summed E-state index contributed by atoms with van der Waals surface area (Å²) in [5.41, 5.74) is 5.49. The number of rotatable bonds is 2.